The molecule has 0 saturated carbocycles. The highest BCUT2D eigenvalue weighted by Crippen LogP contribution is 2.28. The molecule has 1 aliphatic rings. The van der Waals surface area contributed by atoms with Gasteiger partial charge in [0.2, 0.25) is 0 Å². The maximum Gasteiger partial charge on any atom is 0.417 e. The molecule has 1 aromatic rings. The average molecular weight is 246 g/mol. The quantitative estimate of drug-likeness (QED) is 0.890. The van der Waals surface area contributed by atoms with Gasteiger partial charge in [-0.2, -0.15) is 13.2 Å². The highest BCUT2D eigenvalue weighted by Gasteiger charge is 2.30. The fourth-order valence-corrected chi connectivity index (χ4v) is 1.69. The number of pyridine rings is 1. The van der Waals surface area contributed by atoms with E-state index in [-0.39, 0.29) is 6.10 Å². The second kappa shape index (κ2) is 4.91. The molecule has 17 heavy (non-hydrogen) atoms. The first-order valence-electron chi connectivity index (χ1n) is 5.44. The number of halogens is 3. The van der Waals surface area contributed by atoms with Crippen LogP contribution in [0.25, 0.3) is 0 Å². The zero-order valence-corrected chi connectivity index (χ0v) is 9.13. The van der Waals surface area contributed by atoms with Crippen LogP contribution in [-0.4, -0.2) is 24.2 Å². The van der Waals surface area contributed by atoms with Gasteiger partial charge < -0.3 is 10.1 Å². The van der Waals surface area contributed by atoms with Crippen molar-refractivity contribution in [3.05, 3.63) is 23.9 Å². The maximum absolute atomic E-state index is 12.3. The van der Waals surface area contributed by atoms with Crippen molar-refractivity contribution >= 4 is 5.82 Å². The topological polar surface area (TPSA) is 34.1 Å². The molecular weight excluding hydrogens is 233 g/mol. The molecule has 0 unspecified atom stereocenters. The third-order valence-electron chi connectivity index (χ3n) is 2.63. The Kier molecular flexibility index (Phi) is 3.51. The summed E-state index contributed by atoms with van der Waals surface area (Å²) in [7, 11) is 0. The zero-order valence-electron chi connectivity index (χ0n) is 9.13. The molecule has 1 fully saturated rings. The lowest BCUT2D eigenvalue weighted by Crippen LogP contribution is -2.19. The van der Waals surface area contributed by atoms with Crippen molar-refractivity contribution in [1.82, 2.24) is 4.98 Å². The first-order valence-corrected chi connectivity index (χ1v) is 5.44. The first kappa shape index (κ1) is 12.2. The van der Waals surface area contributed by atoms with Crippen LogP contribution in [0.15, 0.2) is 18.3 Å². The molecule has 0 bridgehead atoms. The van der Waals surface area contributed by atoms with Crippen molar-refractivity contribution in [2.24, 2.45) is 0 Å². The Hall–Kier alpha value is -1.30. The minimum absolute atomic E-state index is 0.138. The molecule has 0 amide bonds. The average Bonchev–Trinajstić information content (AvgIpc) is 2.78. The van der Waals surface area contributed by atoms with Gasteiger partial charge in [-0.05, 0) is 25.0 Å². The standard InChI is InChI=1S/C11H13F3N2O/c12-11(13,14)8-3-4-10(15-6-8)16-7-9-2-1-5-17-9/h3-4,6,9H,1-2,5,7H2,(H,15,16)/t9-/m0/s1. The summed E-state index contributed by atoms with van der Waals surface area (Å²) in [6.07, 6.45) is -1.35. The number of hydrogen-bond donors (Lipinski definition) is 1. The Morgan fingerprint density at radius 2 is 2.24 bits per heavy atom. The molecule has 1 aromatic heterocycles. The van der Waals surface area contributed by atoms with E-state index < -0.39 is 11.7 Å². The van der Waals surface area contributed by atoms with E-state index in [1.54, 1.807) is 0 Å². The van der Waals surface area contributed by atoms with Crippen LogP contribution in [0.5, 0.6) is 0 Å². The minimum atomic E-state index is -4.33. The number of ether oxygens (including phenoxy) is 1. The van der Waals surface area contributed by atoms with Crippen molar-refractivity contribution in [2.45, 2.75) is 25.1 Å². The van der Waals surface area contributed by atoms with Crippen molar-refractivity contribution < 1.29 is 17.9 Å². The van der Waals surface area contributed by atoms with Gasteiger partial charge >= 0.3 is 6.18 Å². The number of hydrogen-bond acceptors (Lipinski definition) is 3. The summed E-state index contributed by atoms with van der Waals surface area (Å²) in [5.41, 5.74) is -0.736. The SMILES string of the molecule is FC(F)(F)c1ccc(NC[C@@H]2CCCO2)nc1. The molecule has 6 heteroatoms. The molecule has 1 N–H and O–H groups in total. The van der Waals surface area contributed by atoms with Crippen molar-refractivity contribution in [3.63, 3.8) is 0 Å². The molecule has 0 spiro atoms. The summed E-state index contributed by atoms with van der Waals surface area (Å²) < 4.78 is 42.2. The lowest BCUT2D eigenvalue weighted by molar-refractivity contribution is -0.137. The Morgan fingerprint density at radius 1 is 1.41 bits per heavy atom. The smallest absolute Gasteiger partial charge is 0.376 e. The second-order valence-corrected chi connectivity index (χ2v) is 3.95. The van der Waals surface area contributed by atoms with Gasteiger partial charge in [0.1, 0.15) is 5.82 Å². The first-order chi connectivity index (χ1) is 8.05. The van der Waals surface area contributed by atoms with E-state index in [0.29, 0.717) is 12.4 Å². The van der Waals surface area contributed by atoms with Gasteiger partial charge in [0.05, 0.1) is 11.7 Å². The van der Waals surface area contributed by atoms with Crippen LogP contribution >= 0.6 is 0 Å². The largest absolute Gasteiger partial charge is 0.417 e. The summed E-state index contributed by atoms with van der Waals surface area (Å²) in [4.78, 5) is 3.72. The van der Waals surface area contributed by atoms with E-state index in [9.17, 15) is 13.2 Å². The van der Waals surface area contributed by atoms with Crippen LogP contribution < -0.4 is 5.32 Å². The van der Waals surface area contributed by atoms with Crippen LogP contribution in [-0.2, 0) is 10.9 Å². The number of anilines is 1. The van der Waals surface area contributed by atoms with Gasteiger partial charge in [-0.1, -0.05) is 0 Å². The summed E-state index contributed by atoms with van der Waals surface area (Å²) in [6.45, 7) is 1.34. The highest BCUT2D eigenvalue weighted by atomic mass is 19.4. The summed E-state index contributed by atoms with van der Waals surface area (Å²) in [5, 5.41) is 2.96. The van der Waals surface area contributed by atoms with Crippen molar-refractivity contribution in [3.8, 4) is 0 Å². The van der Waals surface area contributed by atoms with Crippen LogP contribution in [0.1, 0.15) is 18.4 Å². The molecule has 1 atom stereocenters. The number of aromatic nitrogens is 1. The van der Waals surface area contributed by atoms with Gasteiger partial charge in [-0.3, -0.25) is 0 Å². The molecule has 2 rings (SSSR count). The number of nitrogens with zero attached hydrogens (tertiary/aromatic N) is 1. The molecule has 94 valence electrons. The van der Waals surface area contributed by atoms with Crippen LogP contribution in [0.2, 0.25) is 0 Å². The number of nitrogens with one attached hydrogen (secondary N) is 1. The summed E-state index contributed by atoms with van der Waals surface area (Å²) in [5.74, 6) is 0.438. The van der Waals surface area contributed by atoms with E-state index in [0.717, 1.165) is 31.7 Å². The van der Waals surface area contributed by atoms with Gasteiger partial charge in [0, 0.05) is 19.3 Å². The molecule has 1 saturated heterocycles. The van der Waals surface area contributed by atoms with Crippen LogP contribution in [0.4, 0.5) is 19.0 Å². The molecule has 1 aliphatic heterocycles. The Morgan fingerprint density at radius 3 is 2.76 bits per heavy atom. The van der Waals surface area contributed by atoms with E-state index >= 15 is 0 Å². The third-order valence-corrected chi connectivity index (χ3v) is 2.63. The van der Waals surface area contributed by atoms with Crippen LogP contribution in [0.3, 0.4) is 0 Å². The maximum atomic E-state index is 12.3. The Labute approximate surface area is 97.0 Å². The number of rotatable bonds is 3. The van der Waals surface area contributed by atoms with Crippen molar-refractivity contribution in [1.29, 1.82) is 0 Å². The predicted molar refractivity (Wildman–Crippen MR) is 56.7 cm³/mol. The Bertz CT molecular complexity index is 358. The van der Waals surface area contributed by atoms with E-state index in [1.807, 2.05) is 0 Å². The van der Waals surface area contributed by atoms with Gasteiger partial charge in [-0.25, -0.2) is 4.98 Å². The number of alkyl halides is 3. The second-order valence-electron chi connectivity index (χ2n) is 3.95. The van der Waals surface area contributed by atoms with Crippen molar-refractivity contribution in [2.75, 3.05) is 18.5 Å². The molecular formula is C11H13F3N2O. The normalized spacial score (nSPS) is 20.5. The highest BCUT2D eigenvalue weighted by molar-refractivity contribution is 5.36. The van der Waals surface area contributed by atoms with Crippen LogP contribution in [0, 0.1) is 0 Å². The fraction of sp³-hybridized carbons (Fsp3) is 0.545. The van der Waals surface area contributed by atoms with Gasteiger partial charge in [0.15, 0.2) is 0 Å². The predicted octanol–water partition coefficient (Wildman–Crippen LogP) is 2.69. The molecule has 0 aromatic carbocycles. The minimum Gasteiger partial charge on any atom is -0.376 e. The van der Waals surface area contributed by atoms with Gasteiger partial charge in [-0.15, -0.1) is 0 Å². The summed E-state index contributed by atoms with van der Waals surface area (Å²) in [6, 6.07) is 2.35. The lowest BCUT2D eigenvalue weighted by Gasteiger charge is -2.12. The zero-order chi connectivity index (χ0) is 12.3. The monoisotopic (exact) mass is 246 g/mol. The summed E-state index contributed by atoms with van der Waals surface area (Å²) >= 11 is 0. The lowest BCUT2D eigenvalue weighted by atomic mass is 10.2. The Balaban J connectivity index is 1.89. The molecule has 2 heterocycles. The fourth-order valence-electron chi connectivity index (χ4n) is 1.69. The third kappa shape index (κ3) is 3.33. The molecule has 0 radical (unpaired) electrons. The van der Waals surface area contributed by atoms with E-state index in [4.69, 9.17) is 4.74 Å². The molecule has 3 nitrogen and oxygen atoms in total. The van der Waals surface area contributed by atoms with E-state index in [1.165, 1.54) is 6.07 Å². The molecule has 0 aliphatic carbocycles. The van der Waals surface area contributed by atoms with E-state index in [2.05, 4.69) is 10.3 Å². The van der Waals surface area contributed by atoms with Gasteiger partial charge in [0.25, 0.3) is 0 Å².